The summed E-state index contributed by atoms with van der Waals surface area (Å²) in [4.78, 5) is 2.78. The second-order valence-electron chi connectivity index (χ2n) is 1.08. The maximum absolute atomic E-state index is 3.26. The second kappa shape index (κ2) is 2.01. The lowest BCUT2D eigenvalue weighted by atomic mass is 10.7. The topological polar surface area (TPSA) is 15.8 Å². The number of rotatable bonds is 0. The van der Waals surface area contributed by atoms with Gasteiger partial charge in [-0.2, -0.15) is 0 Å². The van der Waals surface area contributed by atoms with Crippen molar-refractivity contribution in [2.45, 2.75) is 0 Å². The molecule has 0 aliphatic heterocycles. The lowest BCUT2D eigenvalue weighted by Crippen LogP contribution is -1.47. The molecule has 0 saturated heterocycles. The quantitative estimate of drug-likeness (QED) is 0.695. The predicted octanol–water partition coefficient (Wildman–Crippen LogP) is 2.34. The van der Waals surface area contributed by atoms with Crippen LogP contribution in [0.15, 0.2) is 15.1 Å². The minimum Gasteiger partial charge on any atom is -0.358 e. The predicted molar refractivity (Wildman–Crippen MR) is 35.0 cm³/mol. The van der Waals surface area contributed by atoms with Gasteiger partial charge in [-0.1, -0.05) is 0 Å². The van der Waals surface area contributed by atoms with Crippen LogP contribution in [0.5, 0.6) is 0 Å². The highest BCUT2D eigenvalue weighted by Crippen LogP contribution is 2.19. The van der Waals surface area contributed by atoms with Crippen LogP contribution >= 0.6 is 31.9 Å². The fourth-order valence-corrected chi connectivity index (χ4v) is 0.728. The van der Waals surface area contributed by atoms with Crippen molar-refractivity contribution in [3.8, 4) is 0 Å². The van der Waals surface area contributed by atoms with Crippen molar-refractivity contribution in [1.82, 2.24) is 4.98 Å². The van der Waals surface area contributed by atoms with Gasteiger partial charge in [-0.05, 0) is 31.9 Å². The Morgan fingerprint density at radius 1 is 1.57 bits per heavy atom. The summed E-state index contributed by atoms with van der Waals surface area (Å²) in [5.74, 6) is 0. The molecule has 0 unspecified atom stereocenters. The molecule has 1 heterocycles. The van der Waals surface area contributed by atoms with Crippen molar-refractivity contribution in [2.24, 2.45) is 0 Å². The molecule has 0 bridgehead atoms. The molecule has 0 spiro atoms. The summed E-state index contributed by atoms with van der Waals surface area (Å²) in [6.07, 6.45) is 4.62. The molecule has 0 amide bonds. The molecule has 1 rings (SSSR count). The minimum atomic E-state index is 0.938. The van der Waals surface area contributed by atoms with Crippen LogP contribution in [-0.4, -0.2) is 4.98 Å². The summed E-state index contributed by atoms with van der Waals surface area (Å²) >= 11 is 6.49. The van der Waals surface area contributed by atoms with Gasteiger partial charge in [-0.25, -0.2) is 0 Å². The summed E-state index contributed by atoms with van der Waals surface area (Å²) in [5, 5.41) is 0. The highest BCUT2D eigenvalue weighted by molar-refractivity contribution is 9.13. The third-order valence-corrected chi connectivity index (χ3v) is 2.37. The monoisotopic (exact) mass is 222 g/mol. The van der Waals surface area contributed by atoms with Gasteiger partial charge in [0, 0.05) is 10.7 Å². The summed E-state index contributed by atoms with van der Waals surface area (Å²) in [7, 11) is 0. The first kappa shape index (κ1) is 5.38. The lowest BCUT2D eigenvalue weighted by molar-refractivity contribution is 1.39. The number of halogens is 2. The number of aromatic nitrogens is 1. The molecule has 1 radical (unpaired) electrons. The standard InChI is InChI=1S/C4H2Br2N/c5-3-1-7-2-4(3)6/h1,7H. The molecule has 1 aromatic heterocycles. The van der Waals surface area contributed by atoms with Crippen LogP contribution in [0.2, 0.25) is 0 Å². The third kappa shape index (κ3) is 1.07. The fraction of sp³-hybridized carbons (Fsp3) is 0. The van der Waals surface area contributed by atoms with Crippen molar-refractivity contribution in [2.75, 3.05) is 0 Å². The molecule has 1 aromatic rings. The Morgan fingerprint density at radius 3 is 2.43 bits per heavy atom. The molecule has 0 aromatic carbocycles. The van der Waals surface area contributed by atoms with Crippen LogP contribution in [0.25, 0.3) is 0 Å². The summed E-state index contributed by atoms with van der Waals surface area (Å²) in [6.45, 7) is 0. The van der Waals surface area contributed by atoms with Gasteiger partial charge < -0.3 is 4.98 Å². The zero-order valence-electron chi connectivity index (χ0n) is 3.33. The summed E-state index contributed by atoms with van der Waals surface area (Å²) in [5.41, 5.74) is 0. The van der Waals surface area contributed by atoms with Crippen LogP contribution in [0.4, 0.5) is 0 Å². The molecule has 0 aliphatic carbocycles. The Morgan fingerprint density at radius 2 is 2.29 bits per heavy atom. The van der Waals surface area contributed by atoms with E-state index in [1.54, 1.807) is 0 Å². The van der Waals surface area contributed by atoms with Crippen LogP contribution in [-0.2, 0) is 0 Å². The van der Waals surface area contributed by atoms with E-state index in [1.165, 1.54) is 0 Å². The van der Waals surface area contributed by atoms with Gasteiger partial charge in [0.1, 0.15) is 0 Å². The van der Waals surface area contributed by atoms with E-state index in [1.807, 2.05) is 6.20 Å². The fourth-order valence-electron chi connectivity index (χ4n) is 0.286. The first-order valence-corrected chi connectivity index (χ1v) is 3.29. The molecule has 7 heavy (non-hydrogen) atoms. The van der Waals surface area contributed by atoms with E-state index in [0.29, 0.717) is 0 Å². The third-order valence-electron chi connectivity index (χ3n) is 0.590. The number of H-pyrrole nitrogens is 1. The van der Waals surface area contributed by atoms with Crippen molar-refractivity contribution in [3.05, 3.63) is 21.3 Å². The molecule has 3 heteroatoms. The van der Waals surface area contributed by atoms with Crippen molar-refractivity contribution in [1.29, 1.82) is 0 Å². The molecule has 0 fully saturated rings. The smallest absolute Gasteiger partial charge is 0.0787 e. The van der Waals surface area contributed by atoms with E-state index in [-0.39, 0.29) is 0 Å². The van der Waals surface area contributed by atoms with E-state index < -0.39 is 0 Å². The van der Waals surface area contributed by atoms with Gasteiger partial charge in [0.05, 0.1) is 10.7 Å². The Kier molecular flexibility index (Phi) is 1.54. The Labute approximate surface area is 58.4 Å². The highest BCUT2D eigenvalue weighted by Gasteiger charge is 1.91. The normalized spacial score (nSPS) is 9.43. The van der Waals surface area contributed by atoms with Crippen LogP contribution in [0.1, 0.15) is 0 Å². The molecule has 37 valence electrons. The molecule has 0 atom stereocenters. The van der Waals surface area contributed by atoms with Gasteiger partial charge in [0.2, 0.25) is 0 Å². The van der Waals surface area contributed by atoms with Crippen molar-refractivity contribution < 1.29 is 0 Å². The van der Waals surface area contributed by atoms with E-state index in [4.69, 9.17) is 0 Å². The average Bonchev–Trinajstić information content (AvgIpc) is 1.91. The van der Waals surface area contributed by atoms with E-state index in [9.17, 15) is 0 Å². The highest BCUT2D eigenvalue weighted by atomic mass is 79.9. The molecular weight excluding hydrogens is 222 g/mol. The minimum absolute atomic E-state index is 0.938. The van der Waals surface area contributed by atoms with Crippen LogP contribution in [0, 0.1) is 6.20 Å². The SMILES string of the molecule is Brc1[c][nH]cc1Br. The van der Waals surface area contributed by atoms with Gasteiger partial charge >= 0.3 is 0 Å². The zero-order valence-corrected chi connectivity index (χ0v) is 6.51. The zero-order chi connectivity index (χ0) is 5.28. The summed E-state index contributed by atoms with van der Waals surface area (Å²) in [6, 6.07) is 0. The van der Waals surface area contributed by atoms with E-state index in [0.717, 1.165) is 8.95 Å². The first-order valence-electron chi connectivity index (χ1n) is 1.71. The summed E-state index contributed by atoms with van der Waals surface area (Å²) < 4.78 is 1.94. The maximum Gasteiger partial charge on any atom is 0.0787 e. The Bertz CT molecular complexity index is 142. The second-order valence-corrected chi connectivity index (χ2v) is 2.72. The number of aromatic amines is 1. The molecule has 0 aliphatic rings. The van der Waals surface area contributed by atoms with Gasteiger partial charge in [0.15, 0.2) is 0 Å². The molecule has 1 nitrogen and oxygen atoms in total. The van der Waals surface area contributed by atoms with Crippen LogP contribution < -0.4 is 0 Å². The maximum atomic E-state index is 3.26. The van der Waals surface area contributed by atoms with Crippen molar-refractivity contribution >= 4 is 31.9 Å². The molecule has 1 N–H and O–H groups in total. The number of nitrogens with one attached hydrogen (secondary N) is 1. The Balaban J connectivity index is 3.12. The van der Waals surface area contributed by atoms with Gasteiger partial charge in [-0.15, -0.1) is 0 Å². The van der Waals surface area contributed by atoms with Crippen molar-refractivity contribution in [3.63, 3.8) is 0 Å². The number of hydrogen-bond donors (Lipinski definition) is 1. The van der Waals surface area contributed by atoms with Gasteiger partial charge in [0.25, 0.3) is 0 Å². The van der Waals surface area contributed by atoms with Gasteiger partial charge in [-0.3, -0.25) is 0 Å². The first-order chi connectivity index (χ1) is 3.30. The van der Waals surface area contributed by atoms with E-state index >= 15 is 0 Å². The molecule has 0 saturated carbocycles. The molecular formula is C4H2Br2N. The Hall–Kier alpha value is 0.240. The number of hydrogen-bond acceptors (Lipinski definition) is 0. The van der Waals surface area contributed by atoms with Crippen LogP contribution in [0.3, 0.4) is 0 Å². The lowest BCUT2D eigenvalue weighted by Gasteiger charge is -1.73. The van der Waals surface area contributed by atoms with E-state index in [2.05, 4.69) is 43.0 Å². The average molecular weight is 224 g/mol. The largest absolute Gasteiger partial charge is 0.358 e.